The van der Waals surface area contributed by atoms with Gasteiger partial charge in [0, 0.05) is 25.9 Å². The zero-order valence-corrected chi connectivity index (χ0v) is 19.5. The van der Waals surface area contributed by atoms with Crippen molar-refractivity contribution in [3.05, 3.63) is 64.7 Å². The van der Waals surface area contributed by atoms with Gasteiger partial charge in [-0.2, -0.15) is 5.10 Å². The number of ether oxygens (including phenoxy) is 2. The summed E-state index contributed by atoms with van der Waals surface area (Å²) in [5, 5.41) is 14.4. The standard InChI is InChI=1S/C22H22ClN7O4/c1-13-11-14-6-8-26-29(14)19(22(32)25-9-10-33-2)18(13)27-21(31)16-12-17(34-3)28-30(16)20-15(23)5-4-7-24-20/h4-8,11-12H,9-10H2,1-3H3,(H,25,32)(H,27,31). The van der Waals surface area contributed by atoms with E-state index in [4.69, 9.17) is 21.1 Å². The van der Waals surface area contributed by atoms with Crippen molar-refractivity contribution < 1.29 is 19.1 Å². The first-order valence-corrected chi connectivity index (χ1v) is 10.6. The molecule has 34 heavy (non-hydrogen) atoms. The number of halogens is 1. The Morgan fingerprint density at radius 1 is 1.15 bits per heavy atom. The number of hydrogen-bond donors (Lipinski definition) is 2. The molecule has 0 aliphatic heterocycles. The Morgan fingerprint density at radius 3 is 2.71 bits per heavy atom. The van der Waals surface area contributed by atoms with Gasteiger partial charge in [-0.1, -0.05) is 11.6 Å². The van der Waals surface area contributed by atoms with E-state index in [0.717, 1.165) is 0 Å². The summed E-state index contributed by atoms with van der Waals surface area (Å²) in [5.74, 6) is -0.500. The van der Waals surface area contributed by atoms with Crippen LogP contribution in [0.25, 0.3) is 11.3 Å². The third-order valence-corrected chi connectivity index (χ3v) is 5.29. The van der Waals surface area contributed by atoms with Crippen LogP contribution in [0.2, 0.25) is 5.02 Å². The van der Waals surface area contributed by atoms with E-state index < -0.39 is 11.8 Å². The number of nitrogens with one attached hydrogen (secondary N) is 2. The lowest BCUT2D eigenvalue weighted by Gasteiger charge is -2.16. The Labute approximate surface area is 199 Å². The predicted octanol–water partition coefficient (Wildman–Crippen LogP) is 2.51. The molecule has 4 rings (SSSR count). The average Bonchev–Trinajstić information content (AvgIpc) is 3.46. The predicted molar refractivity (Wildman–Crippen MR) is 125 cm³/mol. The van der Waals surface area contributed by atoms with E-state index in [9.17, 15) is 9.59 Å². The van der Waals surface area contributed by atoms with E-state index in [1.807, 2.05) is 6.07 Å². The van der Waals surface area contributed by atoms with Crippen LogP contribution in [0.4, 0.5) is 5.69 Å². The van der Waals surface area contributed by atoms with Gasteiger partial charge in [0.2, 0.25) is 5.88 Å². The fraction of sp³-hybridized carbons (Fsp3) is 0.227. The molecule has 0 aliphatic rings. The second-order valence-corrected chi connectivity index (χ2v) is 7.62. The lowest BCUT2D eigenvalue weighted by atomic mass is 10.1. The summed E-state index contributed by atoms with van der Waals surface area (Å²) in [7, 11) is 2.98. The first kappa shape index (κ1) is 23.2. The number of carbonyl (C=O) groups excluding carboxylic acids is 2. The Balaban J connectivity index is 1.77. The number of aromatic nitrogens is 5. The number of pyridine rings is 2. The molecule has 0 aromatic carbocycles. The molecule has 0 bridgehead atoms. The van der Waals surface area contributed by atoms with Gasteiger partial charge in [-0.15, -0.1) is 5.10 Å². The van der Waals surface area contributed by atoms with Gasteiger partial charge in [-0.05, 0) is 36.8 Å². The molecule has 2 N–H and O–H groups in total. The largest absolute Gasteiger partial charge is 0.480 e. The Morgan fingerprint density at radius 2 is 1.97 bits per heavy atom. The minimum absolute atomic E-state index is 0.114. The monoisotopic (exact) mass is 483 g/mol. The average molecular weight is 484 g/mol. The van der Waals surface area contributed by atoms with Crippen LogP contribution in [-0.2, 0) is 4.74 Å². The second kappa shape index (κ2) is 9.89. The van der Waals surface area contributed by atoms with E-state index >= 15 is 0 Å². The number of aryl methyl sites for hydroxylation is 1. The van der Waals surface area contributed by atoms with Gasteiger partial charge in [-0.25, -0.2) is 14.2 Å². The number of methoxy groups -OCH3 is 2. The maximum Gasteiger partial charge on any atom is 0.274 e. The minimum atomic E-state index is -0.543. The Hall–Kier alpha value is -3.96. The van der Waals surface area contributed by atoms with Gasteiger partial charge in [0.15, 0.2) is 11.5 Å². The molecule has 0 fully saturated rings. The van der Waals surface area contributed by atoms with E-state index in [2.05, 4.69) is 25.8 Å². The maximum atomic E-state index is 13.4. The van der Waals surface area contributed by atoms with Gasteiger partial charge in [0.05, 0.1) is 36.1 Å². The van der Waals surface area contributed by atoms with Crippen molar-refractivity contribution in [2.45, 2.75) is 6.92 Å². The summed E-state index contributed by atoms with van der Waals surface area (Å²) in [4.78, 5) is 30.7. The lowest BCUT2D eigenvalue weighted by Crippen LogP contribution is -2.31. The molecule has 0 unspecified atom stereocenters. The van der Waals surface area contributed by atoms with Crippen molar-refractivity contribution in [3.8, 4) is 11.7 Å². The number of hydrogen-bond acceptors (Lipinski definition) is 7. The van der Waals surface area contributed by atoms with E-state index in [0.29, 0.717) is 34.9 Å². The molecular weight excluding hydrogens is 462 g/mol. The first-order chi connectivity index (χ1) is 16.4. The quantitative estimate of drug-likeness (QED) is 0.369. The van der Waals surface area contributed by atoms with Crippen LogP contribution >= 0.6 is 11.6 Å². The summed E-state index contributed by atoms with van der Waals surface area (Å²) in [5.41, 5.74) is 1.97. The van der Waals surface area contributed by atoms with E-state index in [1.165, 1.54) is 28.6 Å². The summed E-state index contributed by atoms with van der Waals surface area (Å²) in [6.45, 7) is 2.43. The first-order valence-electron chi connectivity index (χ1n) is 10.3. The Bertz CT molecular complexity index is 1360. The number of rotatable bonds is 8. The molecule has 0 aliphatic carbocycles. The topological polar surface area (TPSA) is 125 Å². The highest BCUT2D eigenvalue weighted by molar-refractivity contribution is 6.32. The van der Waals surface area contributed by atoms with Crippen LogP contribution in [0, 0.1) is 6.92 Å². The van der Waals surface area contributed by atoms with Crippen molar-refractivity contribution in [1.82, 2.24) is 29.7 Å². The van der Waals surface area contributed by atoms with E-state index in [-0.39, 0.29) is 23.1 Å². The number of amides is 2. The van der Waals surface area contributed by atoms with Gasteiger partial charge in [0.25, 0.3) is 11.8 Å². The molecule has 176 valence electrons. The van der Waals surface area contributed by atoms with Gasteiger partial charge in [0.1, 0.15) is 5.69 Å². The summed E-state index contributed by atoms with van der Waals surface area (Å²) in [6, 6.07) is 8.36. The van der Waals surface area contributed by atoms with Crippen LogP contribution in [0.1, 0.15) is 26.5 Å². The van der Waals surface area contributed by atoms with E-state index in [1.54, 1.807) is 38.4 Å². The van der Waals surface area contributed by atoms with Crippen molar-refractivity contribution in [1.29, 1.82) is 0 Å². The van der Waals surface area contributed by atoms with Crippen LogP contribution in [0.15, 0.2) is 42.7 Å². The zero-order valence-electron chi connectivity index (χ0n) is 18.7. The number of carbonyl (C=O) groups is 2. The molecule has 4 aromatic heterocycles. The highest BCUT2D eigenvalue weighted by Gasteiger charge is 2.24. The van der Waals surface area contributed by atoms with Gasteiger partial charge < -0.3 is 20.1 Å². The molecule has 4 aromatic rings. The van der Waals surface area contributed by atoms with Crippen molar-refractivity contribution in [2.75, 3.05) is 32.7 Å². The van der Waals surface area contributed by atoms with Gasteiger partial charge >= 0.3 is 0 Å². The van der Waals surface area contributed by atoms with Crippen molar-refractivity contribution in [2.24, 2.45) is 0 Å². The molecule has 4 heterocycles. The van der Waals surface area contributed by atoms with Gasteiger partial charge in [-0.3, -0.25) is 9.59 Å². The summed E-state index contributed by atoms with van der Waals surface area (Å²) < 4.78 is 13.0. The van der Waals surface area contributed by atoms with Crippen LogP contribution < -0.4 is 15.4 Å². The minimum Gasteiger partial charge on any atom is -0.480 e. The summed E-state index contributed by atoms with van der Waals surface area (Å²) >= 11 is 6.28. The van der Waals surface area contributed by atoms with Crippen molar-refractivity contribution >= 4 is 34.6 Å². The lowest BCUT2D eigenvalue weighted by molar-refractivity contribution is 0.0930. The molecule has 2 amide bonds. The maximum absolute atomic E-state index is 13.4. The molecule has 12 heteroatoms. The molecule has 11 nitrogen and oxygen atoms in total. The Kier molecular flexibility index (Phi) is 6.75. The number of anilines is 1. The molecule has 0 atom stereocenters. The number of fused-ring (bicyclic) bond motifs is 1. The molecule has 0 saturated carbocycles. The van der Waals surface area contributed by atoms with Crippen LogP contribution in [0.3, 0.4) is 0 Å². The number of nitrogens with zero attached hydrogens (tertiary/aromatic N) is 5. The SMILES string of the molecule is COCCNC(=O)c1c(NC(=O)c2cc(OC)nn2-c2ncccc2Cl)c(C)cc2ccnn12. The smallest absolute Gasteiger partial charge is 0.274 e. The highest BCUT2D eigenvalue weighted by Crippen LogP contribution is 2.26. The summed E-state index contributed by atoms with van der Waals surface area (Å²) in [6.07, 6.45) is 3.12. The molecule has 0 radical (unpaired) electrons. The molecular formula is C22H22ClN7O4. The third kappa shape index (κ3) is 4.43. The third-order valence-electron chi connectivity index (χ3n) is 4.99. The fourth-order valence-corrected chi connectivity index (χ4v) is 3.61. The fourth-order valence-electron chi connectivity index (χ4n) is 3.41. The van der Waals surface area contributed by atoms with Crippen LogP contribution in [-0.4, -0.2) is 63.6 Å². The highest BCUT2D eigenvalue weighted by atomic mass is 35.5. The molecule has 0 spiro atoms. The zero-order chi connectivity index (χ0) is 24.2. The van der Waals surface area contributed by atoms with Crippen molar-refractivity contribution in [3.63, 3.8) is 0 Å². The second-order valence-electron chi connectivity index (χ2n) is 7.21. The normalized spacial score (nSPS) is 10.9. The molecule has 0 saturated heterocycles. The van der Waals surface area contributed by atoms with Crippen LogP contribution in [0.5, 0.6) is 5.88 Å².